The highest BCUT2D eigenvalue weighted by molar-refractivity contribution is 5.95. The lowest BCUT2D eigenvalue weighted by Crippen LogP contribution is -2.21. The normalized spacial score (nSPS) is 17.3. The van der Waals surface area contributed by atoms with Crippen molar-refractivity contribution >= 4 is 22.1 Å². The summed E-state index contributed by atoms with van der Waals surface area (Å²) >= 11 is 0. The van der Waals surface area contributed by atoms with Crippen LogP contribution in [-0.4, -0.2) is 58.5 Å². The van der Waals surface area contributed by atoms with Crippen LogP contribution in [0.15, 0.2) is 55.1 Å². The number of benzene rings is 1. The maximum atomic E-state index is 9.76. The van der Waals surface area contributed by atoms with Gasteiger partial charge < -0.3 is 14.7 Å². The summed E-state index contributed by atoms with van der Waals surface area (Å²) in [5, 5.41) is 15.5. The van der Waals surface area contributed by atoms with Crippen LogP contribution in [0.3, 0.4) is 0 Å². The van der Waals surface area contributed by atoms with Gasteiger partial charge in [-0.25, -0.2) is 14.6 Å². The van der Waals surface area contributed by atoms with Crippen LogP contribution in [0.5, 0.6) is 0 Å². The molecule has 5 aromatic rings. The molecule has 1 fully saturated rings. The Hall–Kier alpha value is -3.49. The van der Waals surface area contributed by atoms with Crippen molar-refractivity contribution in [1.29, 1.82) is 0 Å². The number of rotatable bonds is 4. The van der Waals surface area contributed by atoms with Gasteiger partial charge in [0.05, 0.1) is 18.0 Å². The van der Waals surface area contributed by atoms with Gasteiger partial charge in [-0.2, -0.15) is 5.10 Å². The summed E-state index contributed by atoms with van der Waals surface area (Å²) in [6.07, 6.45) is 8.38. The van der Waals surface area contributed by atoms with Gasteiger partial charge in [-0.1, -0.05) is 12.1 Å². The Morgan fingerprint density at radius 1 is 1.23 bits per heavy atom. The van der Waals surface area contributed by atoms with E-state index in [1.807, 2.05) is 36.3 Å². The maximum Gasteiger partial charge on any atom is 0.180 e. The lowest BCUT2D eigenvalue weighted by Gasteiger charge is -2.12. The van der Waals surface area contributed by atoms with Gasteiger partial charge in [0.25, 0.3) is 0 Å². The number of aryl methyl sites for hydroxylation is 1. The van der Waals surface area contributed by atoms with Crippen LogP contribution in [0.2, 0.25) is 0 Å². The fourth-order valence-corrected chi connectivity index (χ4v) is 4.51. The topological polar surface area (TPSA) is 87.8 Å². The predicted molar refractivity (Wildman–Crippen MR) is 119 cm³/mol. The highest BCUT2D eigenvalue weighted by Gasteiger charge is 2.21. The minimum atomic E-state index is -0.215. The van der Waals surface area contributed by atoms with Crippen molar-refractivity contribution in [2.45, 2.75) is 19.1 Å². The molecular formula is C23H23N7O. The lowest BCUT2D eigenvalue weighted by atomic mass is 10.1. The summed E-state index contributed by atoms with van der Waals surface area (Å²) < 4.78 is 3.98. The number of hydrogen-bond acceptors (Lipinski definition) is 5. The molecular weight excluding hydrogens is 390 g/mol. The molecule has 1 atom stereocenters. The fourth-order valence-electron chi connectivity index (χ4n) is 4.51. The smallest absolute Gasteiger partial charge is 0.180 e. The Labute approximate surface area is 178 Å². The fraction of sp³-hybridized carbons (Fsp3) is 0.261. The molecule has 6 rings (SSSR count). The van der Waals surface area contributed by atoms with Crippen molar-refractivity contribution < 1.29 is 5.11 Å². The molecule has 31 heavy (non-hydrogen) atoms. The molecule has 2 N–H and O–H groups in total. The molecule has 156 valence electrons. The average Bonchev–Trinajstić information content (AvgIpc) is 3.55. The lowest BCUT2D eigenvalue weighted by molar-refractivity contribution is 0.175. The monoisotopic (exact) mass is 413 g/mol. The first-order valence-electron chi connectivity index (χ1n) is 10.5. The molecule has 0 spiro atoms. The minimum Gasteiger partial charge on any atom is -0.392 e. The zero-order chi connectivity index (χ0) is 20.9. The quantitative estimate of drug-likeness (QED) is 0.473. The first-order chi connectivity index (χ1) is 15.2. The van der Waals surface area contributed by atoms with Gasteiger partial charge >= 0.3 is 0 Å². The molecule has 8 heteroatoms. The number of likely N-dealkylation sites (tertiary alicyclic amines) is 1. The van der Waals surface area contributed by atoms with Crippen molar-refractivity contribution in [3.8, 4) is 17.1 Å². The van der Waals surface area contributed by atoms with Crippen LogP contribution < -0.4 is 0 Å². The van der Waals surface area contributed by atoms with Crippen LogP contribution in [0.4, 0.5) is 0 Å². The standard InChI is InChI=1S/C23H23N7O/c1-28-9-7-17-18(3-2-4-19(17)28)22-26-21-20(5-8-24-23(21)27-22)30-13-15(11-25-30)12-29-10-6-16(31)14-29/h2-5,7-9,11,13,16,31H,6,10,12,14H2,1H3,(H,24,26,27)/t16-/m1/s1. The number of β-amino-alcohol motifs (C(OH)–C–C–N with tert-alkyl or cyclic N) is 1. The van der Waals surface area contributed by atoms with Crippen LogP contribution in [0.25, 0.3) is 39.1 Å². The maximum absolute atomic E-state index is 9.76. The molecule has 1 aromatic carbocycles. The highest BCUT2D eigenvalue weighted by atomic mass is 16.3. The molecule has 0 unspecified atom stereocenters. The molecule has 1 saturated heterocycles. The summed E-state index contributed by atoms with van der Waals surface area (Å²) in [7, 11) is 2.04. The van der Waals surface area contributed by atoms with E-state index in [1.54, 1.807) is 6.20 Å². The SMILES string of the molecule is Cn1ccc2c(-c3nc4nccc(-n5cc(CN6CC[C@@H](O)C6)cn5)c4[nH]3)cccc21. The molecule has 0 saturated carbocycles. The number of pyridine rings is 1. The van der Waals surface area contributed by atoms with Gasteiger partial charge in [-0.15, -0.1) is 0 Å². The molecule has 0 amide bonds. The first-order valence-corrected chi connectivity index (χ1v) is 10.5. The van der Waals surface area contributed by atoms with E-state index < -0.39 is 0 Å². The summed E-state index contributed by atoms with van der Waals surface area (Å²) in [6.45, 7) is 2.43. The zero-order valence-corrected chi connectivity index (χ0v) is 17.2. The Morgan fingerprint density at radius 3 is 3.03 bits per heavy atom. The summed E-state index contributed by atoms with van der Waals surface area (Å²) in [4.78, 5) is 15.0. The van der Waals surface area contributed by atoms with E-state index in [0.717, 1.165) is 65.1 Å². The van der Waals surface area contributed by atoms with Crippen LogP contribution >= 0.6 is 0 Å². The molecule has 4 aromatic heterocycles. The third kappa shape index (κ3) is 3.11. The number of nitrogens with one attached hydrogen (secondary N) is 1. The number of aromatic nitrogens is 6. The Balaban J connectivity index is 1.38. The van der Waals surface area contributed by atoms with Crippen LogP contribution in [-0.2, 0) is 13.6 Å². The van der Waals surface area contributed by atoms with Crippen LogP contribution in [0, 0.1) is 0 Å². The van der Waals surface area contributed by atoms with Crippen molar-refractivity contribution in [3.05, 3.63) is 60.7 Å². The summed E-state index contributed by atoms with van der Waals surface area (Å²) in [6, 6.07) is 10.3. The number of imidazole rings is 1. The third-order valence-electron chi connectivity index (χ3n) is 6.09. The van der Waals surface area contributed by atoms with Gasteiger partial charge in [-0.3, -0.25) is 4.90 Å². The predicted octanol–water partition coefficient (Wildman–Crippen LogP) is 2.87. The highest BCUT2D eigenvalue weighted by Crippen LogP contribution is 2.30. The molecule has 8 nitrogen and oxygen atoms in total. The molecule has 0 bridgehead atoms. The molecule has 1 aliphatic heterocycles. The number of hydrogen-bond donors (Lipinski definition) is 2. The van der Waals surface area contributed by atoms with Gasteiger partial charge in [-0.05, 0) is 24.6 Å². The van der Waals surface area contributed by atoms with E-state index in [9.17, 15) is 5.11 Å². The second-order valence-corrected chi connectivity index (χ2v) is 8.25. The Kier molecular flexibility index (Phi) is 4.15. The van der Waals surface area contributed by atoms with Gasteiger partial charge in [0.1, 0.15) is 11.3 Å². The van der Waals surface area contributed by atoms with Crippen molar-refractivity contribution in [2.24, 2.45) is 7.05 Å². The van der Waals surface area contributed by atoms with Crippen molar-refractivity contribution in [2.75, 3.05) is 13.1 Å². The van der Waals surface area contributed by atoms with Crippen molar-refractivity contribution in [1.82, 2.24) is 34.2 Å². The van der Waals surface area contributed by atoms with E-state index >= 15 is 0 Å². The third-order valence-corrected chi connectivity index (χ3v) is 6.09. The number of aliphatic hydroxyl groups excluding tert-OH is 1. The molecule has 0 aliphatic carbocycles. The average molecular weight is 413 g/mol. The second kappa shape index (κ2) is 7.04. The molecule has 1 aliphatic rings. The van der Waals surface area contributed by atoms with E-state index in [2.05, 4.69) is 48.9 Å². The Bertz CT molecular complexity index is 1400. The Morgan fingerprint density at radius 2 is 2.16 bits per heavy atom. The van der Waals surface area contributed by atoms with Gasteiger partial charge in [0.15, 0.2) is 5.65 Å². The summed E-state index contributed by atoms with van der Waals surface area (Å²) in [5.41, 5.74) is 5.77. The summed E-state index contributed by atoms with van der Waals surface area (Å²) in [5.74, 6) is 0.796. The first kappa shape index (κ1) is 18.3. The zero-order valence-electron chi connectivity index (χ0n) is 17.2. The number of fused-ring (bicyclic) bond motifs is 2. The molecule has 5 heterocycles. The number of aliphatic hydroxyl groups is 1. The van der Waals surface area contributed by atoms with E-state index in [-0.39, 0.29) is 6.10 Å². The number of nitrogens with zero attached hydrogens (tertiary/aromatic N) is 6. The number of aromatic amines is 1. The van der Waals surface area contributed by atoms with E-state index in [0.29, 0.717) is 5.65 Å². The number of H-pyrrole nitrogens is 1. The van der Waals surface area contributed by atoms with Gasteiger partial charge in [0.2, 0.25) is 0 Å². The van der Waals surface area contributed by atoms with Crippen LogP contribution in [0.1, 0.15) is 12.0 Å². The largest absolute Gasteiger partial charge is 0.392 e. The molecule has 0 radical (unpaired) electrons. The van der Waals surface area contributed by atoms with E-state index in [4.69, 9.17) is 4.98 Å². The van der Waals surface area contributed by atoms with E-state index in [1.165, 1.54) is 0 Å². The minimum absolute atomic E-state index is 0.215. The second-order valence-electron chi connectivity index (χ2n) is 8.25. The van der Waals surface area contributed by atoms with Crippen molar-refractivity contribution in [3.63, 3.8) is 0 Å². The van der Waals surface area contributed by atoms with Gasteiger partial charge in [0, 0.05) is 67.3 Å².